The molecule has 6 aromatic rings. The van der Waals surface area contributed by atoms with Crippen LogP contribution in [0.25, 0.3) is 33.6 Å². The van der Waals surface area contributed by atoms with Gasteiger partial charge in [-0.2, -0.15) is 0 Å². The van der Waals surface area contributed by atoms with Crippen LogP contribution in [0.1, 0.15) is 75.2 Å². The van der Waals surface area contributed by atoms with Crippen LogP contribution in [0.5, 0.6) is 0 Å². The molecule has 2 nitrogen and oxygen atoms in total. The van der Waals surface area contributed by atoms with E-state index in [0.29, 0.717) is 6.42 Å². The molecular weight excluding hydrogens is 752 g/mol. The fourth-order valence-electron chi connectivity index (χ4n) is 6.81. The number of pyridine rings is 2. The minimum absolute atomic E-state index is 0. The summed E-state index contributed by atoms with van der Waals surface area (Å²) in [5, 5.41) is 0. The molecule has 0 radical (unpaired) electrons. The number of hydrogen-bond acceptors (Lipinski definition) is 2. The topological polar surface area (TPSA) is 25.8 Å². The summed E-state index contributed by atoms with van der Waals surface area (Å²) in [4.78, 5) is 10.7. The molecule has 0 aliphatic heterocycles. The van der Waals surface area contributed by atoms with Crippen LogP contribution in [0.2, 0.25) is 0 Å². The van der Waals surface area contributed by atoms with Gasteiger partial charge in [-0.25, -0.2) is 0 Å². The van der Waals surface area contributed by atoms with Crippen LogP contribution in [0, 0.1) is 12.1 Å². The first-order chi connectivity index (χ1) is 22.0. The van der Waals surface area contributed by atoms with Gasteiger partial charge in [0, 0.05) is 17.8 Å². The molecule has 2 aromatic heterocycles. The molecule has 0 saturated carbocycles. The van der Waals surface area contributed by atoms with Crippen LogP contribution in [-0.4, -0.2) is 9.97 Å². The zero-order chi connectivity index (χ0) is 32.1. The Morgan fingerprint density at radius 2 is 1.02 bits per heavy atom. The van der Waals surface area contributed by atoms with E-state index >= 15 is 0 Å². The first-order valence-corrected chi connectivity index (χ1v) is 16.2. The summed E-state index contributed by atoms with van der Waals surface area (Å²) in [6, 6.07) is 50.4. The quantitative estimate of drug-likeness (QED) is 0.163. The molecule has 0 amide bonds. The van der Waals surface area contributed by atoms with Crippen molar-refractivity contribution < 1.29 is 21.1 Å². The molecule has 0 saturated heterocycles. The second-order valence-electron chi connectivity index (χ2n) is 14.6. The van der Waals surface area contributed by atoms with Crippen molar-refractivity contribution in [3.05, 3.63) is 167 Å². The molecule has 47 heavy (non-hydrogen) atoms. The van der Waals surface area contributed by atoms with Crippen molar-refractivity contribution in [3.63, 3.8) is 0 Å². The second-order valence-corrected chi connectivity index (χ2v) is 14.6. The first kappa shape index (κ1) is 32.8. The number of fused-ring (bicyclic) bond motifs is 3. The number of aromatic nitrogens is 2. The van der Waals surface area contributed by atoms with E-state index in [4.69, 9.17) is 9.97 Å². The van der Waals surface area contributed by atoms with Gasteiger partial charge in [-0.3, -0.25) is 4.98 Å². The third-order valence-electron chi connectivity index (χ3n) is 9.41. The van der Waals surface area contributed by atoms with Crippen LogP contribution in [-0.2, 0) is 43.7 Å². The predicted molar refractivity (Wildman–Crippen MR) is 190 cm³/mol. The Kier molecular flexibility index (Phi) is 8.71. The summed E-state index contributed by atoms with van der Waals surface area (Å²) in [6.45, 7) is 13.4. The van der Waals surface area contributed by atoms with Gasteiger partial charge in [0.2, 0.25) is 0 Å². The summed E-state index contributed by atoms with van der Waals surface area (Å²) >= 11 is 0. The van der Waals surface area contributed by atoms with Crippen LogP contribution >= 0.6 is 0 Å². The Morgan fingerprint density at radius 3 is 1.51 bits per heavy atom. The van der Waals surface area contributed by atoms with Crippen molar-refractivity contribution in [1.29, 1.82) is 0 Å². The zero-order valence-electron chi connectivity index (χ0n) is 28.0. The van der Waals surface area contributed by atoms with Crippen molar-refractivity contribution in [1.82, 2.24) is 9.97 Å². The number of hydrogen-bond donors (Lipinski definition) is 0. The van der Waals surface area contributed by atoms with Gasteiger partial charge in [0.1, 0.15) is 0 Å². The number of benzene rings is 4. The van der Waals surface area contributed by atoms with Crippen molar-refractivity contribution in [2.75, 3.05) is 0 Å². The zero-order valence-corrected chi connectivity index (χ0v) is 30.2. The average molecular weight is 792 g/mol. The molecule has 2 heterocycles. The molecule has 0 fully saturated rings. The van der Waals surface area contributed by atoms with Crippen LogP contribution in [0.4, 0.5) is 0 Å². The van der Waals surface area contributed by atoms with Gasteiger partial charge < -0.3 is 4.98 Å². The normalized spacial score (nSPS) is 13.4. The summed E-state index contributed by atoms with van der Waals surface area (Å²) in [7, 11) is 0. The van der Waals surface area contributed by atoms with Gasteiger partial charge >= 0.3 is 21.1 Å². The smallest absolute Gasteiger partial charge is 0.301 e. The van der Waals surface area contributed by atoms with E-state index in [1.54, 1.807) is 0 Å². The van der Waals surface area contributed by atoms with Gasteiger partial charge in [0.15, 0.2) is 0 Å². The van der Waals surface area contributed by atoms with Gasteiger partial charge in [0.05, 0.1) is 5.41 Å². The molecule has 7 rings (SSSR count). The average Bonchev–Trinajstić information content (AvgIpc) is 3.35. The Morgan fingerprint density at radius 1 is 0.532 bits per heavy atom. The third-order valence-corrected chi connectivity index (χ3v) is 9.41. The minimum atomic E-state index is -0.514. The monoisotopic (exact) mass is 791 g/mol. The second kappa shape index (κ2) is 12.5. The van der Waals surface area contributed by atoms with E-state index < -0.39 is 5.41 Å². The van der Waals surface area contributed by atoms with E-state index in [-0.39, 0.29) is 31.9 Å². The SMILES string of the molecule is CC(C)(C)c1c[c-]c(-c2cccc(CC3(c4cccc(-c5[c-]cc(C(C)(C)C)cc5)n4)c4ccccc4-c4ccccc43)n2)cc1.[Pt+2]. The van der Waals surface area contributed by atoms with E-state index in [1.165, 1.54) is 33.4 Å². The van der Waals surface area contributed by atoms with E-state index in [0.717, 1.165) is 33.9 Å². The Bertz CT molecular complexity index is 1980. The maximum atomic E-state index is 5.43. The molecule has 0 atom stereocenters. The summed E-state index contributed by atoms with van der Waals surface area (Å²) < 4.78 is 0. The Labute approximate surface area is 294 Å². The number of nitrogens with zero attached hydrogens (tertiary/aromatic N) is 2. The molecule has 3 heteroatoms. The molecule has 0 unspecified atom stereocenters. The van der Waals surface area contributed by atoms with E-state index in [2.05, 4.69) is 175 Å². The molecule has 1 aliphatic rings. The first-order valence-electron chi connectivity index (χ1n) is 16.2. The van der Waals surface area contributed by atoms with Crippen molar-refractivity contribution in [3.8, 4) is 33.6 Å². The third kappa shape index (κ3) is 6.05. The Hall–Kier alpha value is -4.13. The molecule has 0 spiro atoms. The van der Waals surface area contributed by atoms with Crippen molar-refractivity contribution >= 4 is 0 Å². The summed E-state index contributed by atoms with van der Waals surface area (Å²) in [5.41, 5.74) is 13.1. The van der Waals surface area contributed by atoms with Gasteiger partial charge in [-0.05, 0) is 56.6 Å². The van der Waals surface area contributed by atoms with Gasteiger partial charge in [0.25, 0.3) is 0 Å². The summed E-state index contributed by atoms with van der Waals surface area (Å²) in [6.07, 6.45) is 0.679. The maximum absolute atomic E-state index is 5.43. The largest absolute Gasteiger partial charge is 2.00 e. The van der Waals surface area contributed by atoms with Gasteiger partial charge in [-0.1, -0.05) is 114 Å². The van der Waals surface area contributed by atoms with Crippen molar-refractivity contribution in [2.45, 2.75) is 64.2 Å². The predicted octanol–water partition coefficient (Wildman–Crippen LogP) is 10.6. The standard InChI is InChI=1S/C44H40N2.Pt/c1-42(2,3)32-25-21-30(22-26-32)39-18-11-13-34(45-39)29-44(37-16-9-7-14-35(37)36-15-8-10-17-38(36)44)41-20-12-19-40(46-41)31-23-27-33(28-24-31)43(4,5)6;/h7-21,23,25-28H,29H2,1-6H3;/q-2;+2. The van der Waals surface area contributed by atoms with Crippen LogP contribution in [0.3, 0.4) is 0 Å². The maximum Gasteiger partial charge on any atom is 2.00 e. The van der Waals surface area contributed by atoms with E-state index in [1.807, 2.05) is 0 Å². The minimum Gasteiger partial charge on any atom is -0.301 e. The van der Waals surface area contributed by atoms with Gasteiger partial charge in [-0.15, -0.1) is 70.8 Å². The van der Waals surface area contributed by atoms with Crippen LogP contribution in [0.15, 0.2) is 121 Å². The van der Waals surface area contributed by atoms with Crippen molar-refractivity contribution in [2.24, 2.45) is 0 Å². The fraction of sp³-hybridized carbons (Fsp3) is 0.227. The molecule has 4 aromatic carbocycles. The molecule has 236 valence electrons. The molecule has 0 bridgehead atoms. The Balaban J connectivity index is 0.00000386. The van der Waals surface area contributed by atoms with E-state index in [9.17, 15) is 0 Å². The molecule has 1 aliphatic carbocycles. The fourth-order valence-corrected chi connectivity index (χ4v) is 6.81. The molecular formula is C44H40N2Pt. The summed E-state index contributed by atoms with van der Waals surface area (Å²) in [5.74, 6) is 0. The van der Waals surface area contributed by atoms with Crippen LogP contribution < -0.4 is 0 Å². The molecule has 0 N–H and O–H groups in total. The number of rotatable bonds is 5.